The molecule has 1 aliphatic carbocycles. The normalized spacial score (nSPS) is 16.4. The van der Waals surface area contributed by atoms with Crippen LogP contribution < -0.4 is 5.73 Å². The van der Waals surface area contributed by atoms with E-state index < -0.39 is 10.0 Å². The van der Waals surface area contributed by atoms with Gasteiger partial charge in [0.2, 0.25) is 0 Å². The first-order valence-corrected chi connectivity index (χ1v) is 7.09. The lowest BCUT2D eigenvalue weighted by Crippen LogP contribution is -2.29. The van der Waals surface area contributed by atoms with Crippen LogP contribution in [0.15, 0.2) is 23.4 Å². The van der Waals surface area contributed by atoms with E-state index in [-0.39, 0.29) is 5.03 Å². The molecule has 0 radical (unpaired) electrons. The maximum atomic E-state index is 12.1. The highest BCUT2D eigenvalue weighted by Crippen LogP contribution is 2.30. The second-order valence-electron chi connectivity index (χ2n) is 4.44. The molecule has 94 valence electrons. The number of sulfonamides is 1. The fourth-order valence-electron chi connectivity index (χ4n) is 1.61. The molecule has 1 aliphatic rings. The molecule has 5 nitrogen and oxygen atoms in total. The van der Waals surface area contributed by atoms with Crippen LogP contribution >= 0.6 is 0 Å². The van der Waals surface area contributed by atoms with Gasteiger partial charge < -0.3 is 5.73 Å². The summed E-state index contributed by atoms with van der Waals surface area (Å²) in [6, 6.07) is 3.21. The second-order valence-corrected chi connectivity index (χ2v) is 6.43. The summed E-state index contributed by atoms with van der Waals surface area (Å²) in [4.78, 5) is 3.96. The van der Waals surface area contributed by atoms with Crippen LogP contribution in [0.4, 0.5) is 0 Å². The summed E-state index contributed by atoms with van der Waals surface area (Å²) in [6.07, 6.45) is 3.76. The molecule has 0 unspecified atom stereocenters. The Labute approximate surface area is 102 Å². The number of pyridine rings is 1. The molecular formula is C11H17N3O2S. The molecule has 2 rings (SSSR count). The summed E-state index contributed by atoms with van der Waals surface area (Å²) in [7, 11) is -1.83. The van der Waals surface area contributed by atoms with Crippen LogP contribution in [0.5, 0.6) is 0 Å². The smallest absolute Gasteiger partial charge is 0.260 e. The number of hydrogen-bond donors (Lipinski definition) is 1. The molecule has 0 aliphatic heterocycles. The predicted molar refractivity (Wildman–Crippen MR) is 64.7 cm³/mol. The predicted octanol–water partition coefficient (Wildman–Crippen LogP) is 0.571. The van der Waals surface area contributed by atoms with Crippen molar-refractivity contribution in [3.63, 3.8) is 0 Å². The summed E-state index contributed by atoms with van der Waals surface area (Å²) in [5.41, 5.74) is 6.27. The Morgan fingerprint density at radius 1 is 1.47 bits per heavy atom. The molecule has 0 bridgehead atoms. The van der Waals surface area contributed by atoms with E-state index in [2.05, 4.69) is 4.98 Å². The standard InChI is InChI=1S/C11H17N3O2S/c1-14(8-9-2-3-9)17(15,16)11-5-4-10(6-12)7-13-11/h4-5,7,9H,2-3,6,8,12H2,1H3. The molecule has 1 aromatic heterocycles. The lowest BCUT2D eigenvalue weighted by Gasteiger charge is -2.16. The average molecular weight is 255 g/mol. The van der Waals surface area contributed by atoms with Gasteiger partial charge in [0, 0.05) is 26.3 Å². The number of nitrogens with two attached hydrogens (primary N) is 1. The zero-order valence-corrected chi connectivity index (χ0v) is 10.7. The Morgan fingerprint density at radius 3 is 2.65 bits per heavy atom. The number of hydrogen-bond acceptors (Lipinski definition) is 4. The van der Waals surface area contributed by atoms with E-state index in [9.17, 15) is 8.42 Å². The molecule has 1 heterocycles. The van der Waals surface area contributed by atoms with Crippen molar-refractivity contribution in [1.82, 2.24) is 9.29 Å². The van der Waals surface area contributed by atoms with E-state index in [0.717, 1.165) is 18.4 Å². The van der Waals surface area contributed by atoms with Gasteiger partial charge in [-0.3, -0.25) is 0 Å². The Morgan fingerprint density at radius 2 is 2.18 bits per heavy atom. The molecule has 1 saturated carbocycles. The Balaban J connectivity index is 2.17. The van der Waals surface area contributed by atoms with E-state index in [1.807, 2.05) is 0 Å². The molecule has 2 N–H and O–H groups in total. The first-order valence-electron chi connectivity index (χ1n) is 5.65. The molecule has 1 fully saturated rings. The molecule has 0 atom stereocenters. The van der Waals surface area contributed by atoms with Gasteiger partial charge in [0.15, 0.2) is 5.03 Å². The minimum atomic E-state index is -3.44. The van der Waals surface area contributed by atoms with Gasteiger partial charge in [-0.15, -0.1) is 0 Å². The highest BCUT2D eigenvalue weighted by atomic mass is 32.2. The Bertz CT molecular complexity index is 480. The first kappa shape index (κ1) is 12.5. The average Bonchev–Trinajstić information content (AvgIpc) is 3.13. The van der Waals surface area contributed by atoms with Crippen molar-refractivity contribution in [3.05, 3.63) is 23.9 Å². The SMILES string of the molecule is CN(CC1CC1)S(=O)(=O)c1ccc(CN)cn1. The molecule has 0 spiro atoms. The Hall–Kier alpha value is -0.980. The van der Waals surface area contributed by atoms with Gasteiger partial charge >= 0.3 is 0 Å². The molecule has 0 amide bonds. The maximum absolute atomic E-state index is 12.1. The zero-order valence-electron chi connectivity index (χ0n) is 9.83. The first-order chi connectivity index (χ1) is 8.04. The molecule has 17 heavy (non-hydrogen) atoms. The minimum absolute atomic E-state index is 0.0952. The summed E-state index contributed by atoms with van der Waals surface area (Å²) in [5.74, 6) is 0.526. The molecular weight excluding hydrogens is 238 g/mol. The molecule has 0 saturated heterocycles. The van der Waals surface area contributed by atoms with Gasteiger partial charge in [-0.2, -0.15) is 4.31 Å². The quantitative estimate of drug-likeness (QED) is 0.834. The fourth-order valence-corrected chi connectivity index (χ4v) is 2.76. The second kappa shape index (κ2) is 4.72. The van der Waals surface area contributed by atoms with Crippen LogP contribution in [-0.2, 0) is 16.6 Å². The van der Waals surface area contributed by atoms with Gasteiger partial charge in [0.1, 0.15) is 0 Å². The summed E-state index contributed by atoms with van der Waals surface area (Å²) < 4.78 is 25.6. The molecule has 6 heteroatoms. The minimum Gasteiger partial charge on any atom is -0.326 e. The topological polar surface area (TPSA) is 76.3 Å². The summed E-state index contributed by atoms with van der Waals surface area (Å²) >= 11 is 0. The van der Waals surface area contributed by atoms with Crippen molar-refractivity contribution in [2.75, 3.05) is 13.6 Å². The largest absolute Gasteiger partial charge is 0.326 e. The summed E-state index contributed by atoms with van der Waals surface area (Å²) in [6.45, 7) is 0.952. The number of rotatable bonds is 5. The van der Waals surface area contributed by atoms with Crippen molar-refractivity contribution in [3.8, 4) is 0 Å². The monoisotopic (exact) mass is 255 g/mol. The third-order valence-corrected chi connectivity index (χ3v) is 4.66. The van der Waals surface area contributed by atoms with Crippen LogP contribution in [0.25, 0.3) is 0 Å². The highest BCUT2D eigenvalue weighted by Gasteiger charge is 2.29. The van der Waals surface area contributed by atoms with E-state index in [1.54, 1.807) is 13.1 Å². The zero-order chi connectivity index (χ0) is 12.5. The van der Waals surface area contributed by atoms with E-state index in [0.29, 0.717) is 19.0 Å². The van der Waals surface area contributed by atoms with E-state index in [4.69, 9.17) is 5.73 Å². The van der Waals surface area contributed by atoms with Gasteiger partial charge in [0.05, 0.1) is 0 Å². The van der Waals surface area contributed by atoms with Crippen molar-refractivity contribution in [1.29, 1.82) is 0 Å². The van der Waals surface area contributed by atoms with Crippen LogP contribution in [-0.4, -0.2) is 31.3 Å². The van der Waals surface area contributed by atoms with Crippen molar-refractivity contribution in [2.45, 2.75) is 24.4 Å². The van der Waals surface area contributed by atoms with Crippen LogP contribution in [0, 0.1) is 5.92 Å². The van der Waals surface area contributed by atoms with Crippen LogP contribution in [0.3, 0.4) is 0 Å². The molecule has 0 aromatic carbocycles. The van der Waals surface area contributed by atoms with E-state index in [1.165, 1.54) is 16.6 Å². The number of aromatic nitrogens is 1. The lowest BCUT2D eigenvalue weighted by atomic mass is 10.3. The van der Waals surface area contributed by atoms with Gasteiger partial charge in [-0.05, 0) is 30.4 Å². The van der Waals surface area contributed by atoms with Gasteiger partial charge in [-0.1, -0.05) is 6.07 Å². The van der Waals surface area contributed by atoms with Gasteiger partial charge in [-0.25, -0.2) is 13.4 Å². The van der Waals surface area contributed by atoms with Crippen molar-refractivity contribution in [2.24, 2.45) is 11.7 Å². The third kappa shape index (κ3) is 2.83. The number of nitrogens with zero attached hydrogens (tertiary/aromatic N) is 2. The van der Waals surface area contributed by atoms with Crippen LogP contribution in [0.1, 0.15) is 18.4 Å². The van der Waals surface area contributed by atoms with Crippen LogP contribution in [0.2, 0.25) is 0 Å². The third-order valence-electron chi connectivity index (χ3n) is 2.92. The van der Waals surface area contributed by atoms with Gasteiger partial charge in [0.25, 0.3) is 10.0 Å². The molecule has 1 aromatic rings. The highest BCUT2D eigenvalue weighted by molar-refractivity contribution is 7.89. The van der Waals surface area contributed by atoms with Crippen molar-refractivity contribution >= 4 is 10.0 Å². The van der Waals surface area contributed by atoms with Crippen molar-refractivity contribution < 1.29 is 8.42 Å². The summed E-state index contributed by atoms with van der Waals surface area (Å²) in [5, 5.41) is 0.0952. The van der Waals surface area contributed by atoms with E-state index >= 15 is 0 Å². The Kier molecular flexibility index (Phi) is 3.46. The fraction of sp³-hybridized carbons (Fsp3) is 0.545. The maximum Gasteiger partial charge on any atom is 0.260 e. The lowest BCUT2D eigenvalue weighted by molar-refractivity contribution is 0.450.